The predicted molar refractivity (Wildman–Crippen MR) is 73.9 cm³/mol. The van der Waals surface area contributed by atoms with Crippen LogP contribution >= 0.6 is 0 Å². The first kappa shape index (κ1) is 13.6. The maximum Gasteiger partial charge on any atom is 0.227 e. The second kappa shape index (κ2) is 5.93. The minimum absolute atomic E-state index is 0.121. The Morgan fingerprint density at radius 2 is 2.25 bits per heavy atom. The van der Waals surface area contributed by atoms with Crippen LogP contribution < -0.4 is 0 Å². The van der Waals surface area contributed by atoms with Crippen molar-refractivity contribution in [1.82, 2.24) is 19.8 Å². The molecule has 0 aliphatic carbocycles. The van der Waals surface area contributed by atoms with Crippen LogP contribution in [-0.4, -0.2) is 65.1 Å². The van der Waals surface area contributed by atoms with Crippen molar-refractivity contribution in [3.05, 3.63) is 18.2 Å². The Morgan fingerprint density at radius 3 is 2.95 bits per heavy atom. The minimum atomic E-state index is 0.121. The molecule has 2 fully saturated rings. The Hall–Kier alpha value is -1.40. The second-order valence-corrected chi connectivity index (χ2v) is 5.79. The summed E-state index contributed by atoms with van der Waals surface area (Å²) < 4.78 is 5.32. The third kappa shape index (κ3) is 2.86. The van der Waals surface area contributed by atoms with Gasteiger partial charge in [0.25, 0.3) is 0 Å². The van der Waals surface area contributed by atoms with E-state index in [0.717, 1.165) is 38.4 Å². The molecule has 0 radical (unpaired) electrons. The normalized spacial score (nSPS) is 27.9. The quantitative estimate of drug-likeness (QED) is 0.866. The summed E-state index contributed by atoms with van der Waals surface area (Å²) >= 11 is 0. The molecule has 110 valence electrons. The van der Waals surface area contributed by atoms with Gasteiger partial charge in [-0.2, -0.15) is 0 Å². The van der Waals surface area contributed by atoms with E-state index in [-0.39, 0.29) is 5.92 Å². The molecule has 6 nitrogen and oxygen atoms in total. The van der Waals surface area contributed by atoms with Crippen LogP contribution in [0.15, 0.2) is 12.5 Å². The molecular weight excluding hydrogens is 256 g/mol. The van der Waals surface area contributed by atoms with E-state index in [1.165, 1.54) is 0 Å². The van der Waals surface area contributed by atoms with Gasteiger partial charge in [0, 0.05) is 44.6 Å². The molecule has 0 aromatic carbocycles. The summed E-state index contributed by atoms with van der Waals surface area (Å²) in [5.41, 5.74) is 1.11. The Kier molecular flexibility index (Phi) is 4.03. The topological polar surface area (TPSA) is 61.5 Å². The van der Waals surface area contributed by atoms with Crippen LogP contribution in [0.1, 0.15) is 12.6 Å². The summed E-state index contributed by atoms with van der Waals surface area (Å²) in [7, 11) is 0. The molecule has 2 atom stereocenters. The molecule has 6 heteroatoms. The van der Waals surface area contributed by atoms with Gasteiger partial charge >= 0.3 is 0 Å². The number of aromatic amines is 1. The molecule has 1 N–H and O–H groups in total. The van der Waals surface area contributed by atoms with E-state index >= 15 is 0 Å². The van der Waals surface area contributed by atoms with Gasteiger partial charge in [-0.1, -0.05) is 6.92 Å². The van der Waals surface area contributed by atoms with Crippen molar-refractivity contribution < 1.29 is 9.53 Å². The summed E-state index contributed by atoms with van der Waals surface area (Å²) in [4.78, 5) is 24.0. The number of H-pyrrole nitrogens is 1. The molecular formula is C14H22N4O2. The van der Waals surface area contributed by atoms with E-state index in [0.29, 0.717) is 25.0 Å². The number of nitrogens with one attached hydrogen (secondary N) is 1. The molecule has 2 aliphatic heterocycles. The highest BCUT2D eigenvalue weighted by atomic mass is 16.5. The van der Waals surface area contributed by atoms with Crippen LogP contribution in [0.25, 0.3) is 0 Å². The molecule has 2 saturated heterocycles. The monoisotopic (exact) mass is 278 g/mol. The maximum atomic E-state index is 12.6. The van der Waals surface area contributed by atoms with Crippen LogP contribution in [0.4, 0.5) is 0 Å². The van der Waals surface area contributed by atoms with Crippen LogP contribution in [0.3, 0.4) is 0 Å². The average Bonchev–Trinajstić information content (AvgIpc) is 3.09. The fourth-order valence-electron chi connectivity index (χ4n) is 3.15. The highest BCUT2D eigenvalue weighted by Gasteiger charge is 2.37. The molecule has 0 spiro atoms. The molecule has 0 bridgehead atoms. The van der Waals surface area contributed by atoms with E-state index in [4.69, 9.17) is 4.74 Å². The number of ether oxygens (including phenoxy) is 1. The summed E-state index contributed by atoms with van der Waals surface area (Å²) in [6.07, 6.45) is 3.55. The lowest BCUT2D eigenvalue weighted by Gasteiger charge is -2.30. The molecule has 20 heavy (non-hydrogen) atoms. The minimum Gasteiger partial charge on any atom is -0.378 e. The number of hydrogen-bond donors (Lipinski definition) is 1. The maximum absolute atomic E-state index is 12.6. The molecule has 1 aromatic heterocycles. The second-order valence-electron chi connectivity index (χ2n) is 5.79. The Bertz CT molecular complexity index is 442. The van der Waals surface area contributed by atoms with E-state index in [9.17, 15) is 4.79 Å². The summed E-state index contributed by atoms with van der Waals surface area (Å²) in [5.74, 6) is 0.831. The zero-order valence-corrected chi connectivity index (χ0v) is 11.9. The van der Waals surface area contributed by atoms with Gasteiger partial charge in [0.2, 0.25) is 5.91 Å². The highest BCUT2D eigenvalue weighted by Crippen LogP contribution is 2.26. The molecule has 2 aliphatic rings. The van der Waals surface area contributed by atoms with E-state index < -0.39 is 0 Å². The fraction of sp³-hybridized carbons (Fsp3) is 0.714. The third-order valence-electron chi connectivity index (χ3n) is 4.28. The first-order valence-electron chi connectivity index (χ1n) is 7.30. The van der Waals surface area contributed by atoms with Crippen LogP contribution in [0, 0.1) is 11.8 Å². The fourth-order valence-corrected chi connectivity index (χ4v) is 3.15. The number of nitrogens with zero attached hydrogens (tertiary/aromatic N) is 3. The lowest BCUT2D eigenvalue weighted by molar-refractivity contribution is -0.140. The van der Waals surface area contributed by atoms with Crippen LogP contribution in [-0.2, 0) is 16.1 Å². The van der Waals surface area contributed by atoms with Gasteiger partial charge in [-0.3, -0.25) is 9.69 Å². The van der Waals surface area contributed by atoms with Crippen LogP contribution in [0.2, 0.25) is 0 Å². The summed E-state index contributed by atoms with van der Waals surface area (Å²) in [5, 5.41) is 0. The number of hydrogen-bond acceptors (Lipinski definition) is 4. The van der Waals surface area contributed by atoms with Gasteiger partial charge in [-0.15, -0.1) is 0 Å². The lowest BCUT2D eigenvalue weighted by atomic mass is 9.96. The number of morpholine rings is 1. The SMILES string of the molecule is C[C@@H]1CN(Cc2cnc[nH]2)C[C@H]1C(=O)N1CCOCC1. The molecule has 0 saturated carbocycles. The smallest absolute Gasteiger partial charge is 0.227 e. The van der Waals surface area contributed by atoms with E-state index in [1.54, 1.807) is 6.33 Å². The van der Waals surface area contributed by atoms with Gasteiger partial charge in [0.1, 0.15) is 0 Å². The van der Waals surface area contributed by atoms with Gasteiger partial charge < -0.3 is 14.6 Å². The first-order chi connectivity index (χ1) is 9.74. The Labute approximate surface area is 119 Å². The number of aromatic nitrogens is 2. The van der Waals surface area contributed by atoms with Crippen molar-refractivity contribution in [2.24, 2.45) is 11.8 Å². The third-order valence-corrected chi connectivity index (χ3v) is 4.28. The number of amides is 1. The van der Waals surface area contributed by atoms with Crippen LogP contribution in [0.5, 0.6) is 0 Å². The van der Waals surface area contributed by atoms with Gasteiger partial charge in [0.15, 0.2) is 0 Å². The zero-order chi connectivity index (χ0) is 13.9. The van der Waals surface area contributed by atoms with Gasteiger partial charge in [-0.05, 0) is 5.92 Å². The van der Waals surface area contributed by atoms with E-state index in [2.05, 4.69) is 21.8 Å². The Balaban J connectivity index is 1.58. The number of rotatable bonds is 3. The zero-order valence-electron chi connectivity index (χ0n) is 11.9. The average molecular weight is 278 g/mol. The molecule has 1 amide bonds. The van der Waals surface area contributed by atoms with Crippen molar-refractivity contribution in [3.8, 4) is 0 Å². The van der Waals surface area contributed by atoms with Crippen molar-refractivity contribution in [3.63, 3.8) is 0 Å². The first-order valence-corrected chi connectivity index (χ1v) is 7.30. The molecule has 3 heterocycles. The van der Waals surface area contributed by atoms with Crippen molar-refractivity contribution >= 4 is 5.91 Å². The molecule has 1 aromatic rings. The van der Waals surface area contributed by atoms with Crippen molar-refractivity contribution in [2.75, 3.05) is 39.4 Å². The highest BCUT2D eigenvalue weighted by molar-refractivity contribution is 5.79. The Morgan fingerprint density at radius 1 is 1.45 bits per heavy atom. The van der Waals surface area contributed by atoms with Gasteiger partial charge in [-0.25, -0.2) is 4.98 Å². The van der Waals surface area contributed by atoms with Crippen molar-refractivity contribution in [2.45, 2.75) is 13.5 Å². The van der Waals surface area contributed by atoms with Crippen molar-refractivity contribution in [1.29, 1.82) is 0 Å². The summed E-state index contributed by atoms with van der Waals surface area (Å²) in [6, 6.07) is 0. The summed E-state index contributed by atoms with van der Waals surface area (Å²) in [6.45, 7) is 7.66. The lowest BCUT2D eigenvalue weighted by Crippen LogP contribution is -2.45. The van der Waals surface area contributed by atoms with Gasteiger partial charge in [0.05, 0.1) is 25.5 Å². The number of imidazole rings is 1. The number of likely N-dealkylation sites (tertiary alicyclic amines) is 1. The molecule has 0 unspecified atom stereocenters. The molecule has 3 rings (SSSR count). The standard InChI is InChI=1S/C14H22N4O2/c1-11-7-17(8-12-6-15-10-16-12)9-13(11)14(19)18-2-4-20-5-3-18/h6,10-11,13H,2-5,7-9H2,1H3,(H,15,16)/t11-,13-/m1/s1. The number of carbonyl (C=O) groups excluding carboxylic acids is 1. The number of carbonyl (C=O) groups is 1. The predicted octanol–water partition coefficient (Wildman–Crippen LogP) is 0.336. The van der Waals surface area contributed by atoms with E-state index in [1.807, 2.05) is 11.1 Å². The largest absolute Gasteiger partial charge is 0.378 e.